The molecular weight excluding hydrogens is 285 g/mol. The third-order valence-corrected chi connectivity index (χ3v) is 2.82. The van der Waals surface area contributed by atoms with Gasteiger partial charge in [-0.1, -0.05) is 0 Å². The normalized spacial score (nSPS) is 12.3. The first-order chi connectivity index (χ1) is 9.22. The van der Waals surface area contributed by atoms with Gasteiger partial charge in [0, 0.05) is 12.6 Å². The summed E-state index contributed by atoms with van der Waals surface area (Å²) in [4.78, 5) is 11.4. The fourth-order valence-electron chi connectivity index (χ4n) is 1.90. The van der Waals surface area contributed by atoms with Crippen LogP contribution in [0.4, 0.5) is 27.6 Å². The Hall–Kier alpha value is -1.86. The van der Waals surface area contributed by atoms with Gasteiger partial charge < -0.3 is 10.0 Å². The number of carboxylic acid groups (broad SMARTS) is 1. The Kier molecular flexibility index (Phi) is 4.91. The summed E-state index contributed by atoms with van der Waals surface area (Å²) in [7, 11) is 0. The molecule has 0 saturated carbocycles. The van der Waals surface area contributed by atoms with E-state index in [2.05, 4.69) is 0 Å². The molecule has 0 aromatic heterocycles. The molecule has 0 radical (unpaired) electrons. The molecule has 0 aliphatic rings. The highest BCUT2D eigenvalue weighted by Crippen LogP contribution is 2.31. The van der Waals surface area contributed by atoms with Crippen molar-refractivity contribution in [2.75, 3.05) is 11.4 Å². The number of hydrogen-bond acceptors (Lipinski definition) is 2. The molecule has 0 fully saturated rings. The number of rotatable bonds is 5. The van der Waals surface area contributed by atoms with Gasteiger partial charge in [-0.05, 0) is 13.8 Å². The molecule has 1 rings (SSSR count). The van der Waals surface area contributed by atoms with E-state index in [0.717, 1.165) is 4.90 Å². The summed E-state index contributed by atoms with van der Waals surface area (Å²) in [6.45, 7) is 2.61. The van der Waals surface area contributed by atoms with E-state index >= 15 is 0 Å². The quantitative estimate of drug-likeness (QED) is 0.516. The van der Waals surface area contributed by atoms with E-state index in [1.54, 1.807) is 0 Å². The lowest BCUT2D eigenvalue weighted by Crippen LogP contribution is -2.36. The number of carboxylic acids is 1. The van der Waals surface area contributed by atoms with Crippen molar-refractivity contribution in [1.82, 2.24) is 0 Å². The van der Waals surface area contributed by atoms with Crippen molar-refractivity contribution in [2.45, 2.75) is 26.3 Å². The molecule has 8 heteroatoms. The number of anilines is 1. The second-order valence-corrected chi connectivity index (χ2v) is 4.15. The highest BCUT2D eigenvalue weighted by atomic mass is 19.2. The Morgan fingerprint density at radius 1 is 1.05 bits per heavy atom. The van der Waals surface area contributed by atoms with Crippen LogP contribution in [0.5, 0.6) is 0 Å². The highest BCUT2D eigenvalue weighted by molar-refractivity contribution is 5.68. The largest absolute Gasteiger partial charge is 0.481 e. The van der Waals surface area contributed by atoms with Crippen LogP contribution >= 0.6 is 0 Å². The van der Waals surface area contributed by atoms with Crippen molar-refractivity contribution >= 4 is 11.7 Å². The van der Waals surface area contributed by atoms with Crippen molar-refractivity contribution in [3.63, 3.8) is 0 Å². The molecule has 0 saturated heterocycles. The van der Waals surface area contributed by atoms with Crippen LogP contribution in [-0.4, -0.2) is 23.7 Å². The second-order valence-electron chi connectivity index (χ2n) is 4.15. The number of hydrogen-bond donors (Lipinski definition) is 1. The van der Waals surface area contributed by atoms with Gasteiger partial charge in [0.15, 0.2) is 23.3 Å². The Labute approximate surface area is 111 Å². The van der Waals surface area contributed by atoms with Crippen molar-refractivity contribution in [3.05, 3.63) is 29.1 Å². The van der Waals surface area contributed by atoms with Gasteiger partial charge in [0.2, 0.25) is 5.82 Å². The van der Waals surface area contributed by atoms with E-state index in [0.29, 0.717) is 0 Å². The van der Waals surface area contributed by atoms with Crippen molar-refractivity contribution in [2.24, 2.45) is 0 Å². The summed E-state index contributed by atoms with van der Waals surface area (Å²) >= 11 is 0. The number of nitrogens with zero attached hydrogens (tertiary/aromatic N) is 1. The molecule has 0 amide bonds. The maximum absolute atomic E-state index is 13.6. The van der Waals surface area contributed by atoms with Gasteiger partial charge in [0.05, 0.1) is 6.42 Å². The highest BCUT2D eigenvalue weighted by Gasteiger charge is 2.30. The van der Waals surface area contributed by atoms with Gasteiger partial charge in [-0.2, -0.15) is 0 Å². The van der Waals surface area contributed by atoms with Crippen molar-refractivity contribution in [1.29, 1.82) is 0 Å². The molecule has 1 aromatic rings. The Balaban J connectivity index is 3.39. The van der Waals surface area contributed by atoms with Crippen LogP contribution in [0, 0.1) is 29.1 Å². The van der Waals surface area contributed by atoms with Crippen LogP contribution in [0.25, 0.3) is 0 Å². The first-order valence-electron chi connectivity index (χ1n) is 5.72. The van der Waals surface area contributed by atoms with E-state index in [-0.39, 0.29) is 6.54 Å². The molecule has 3 nitrogen and oxygen atoms in total. The van der Waals surface area contributed by atoms with Crippen LogP contribution in [0.1, 0.15) is 20.3 Å². The predicted molar refractivity (Wildman–Crippen MR) is 61.0 cm³/mol. The molecule has 1 aromatic carbocycles. The van der Waals surface area contributed by atoms with Crippen LogP contribution in [-0.2, 0) is 4.79 Å². The molecule has 1 unspecified atom stereocenters. The van der Waals surface area contributed by atoms with Gasteiger partial charge in [-0.25, -0.2) is 22.0 Å². The average molecular weight is 297 g/mol. The lowest BCUT2D eigenvalue weighted by Gasteiger charge is -2.30. The maximum atomic E-state index is 13.6. The monoisotopic (exact) mass is 297 g/mol. The molecule has 0 heterocycles. The molecule has 0 aliphatic heterocycles. The van der Waals surface area contributed by atoms with E-state index in [9.17, 15) is 26.7 Å². The first-order valence-corrected chi connectivity index (χ1v) is 5.72. The van der Waals surface area contributed by atoms with Gasteiger partial charge in [-0.3, -0.25) is 4.79 Å². The van der Waals surface area contributed by atoms with E-state index in [1.807, 2.05) is 0 Å². The topological polar surface area (TPSA) is 40.5 Å². The molecule has 1 N–H and O–H groups in total. The molecule has 0 spiro atoms. The minimum Gasteiger partial charge on any atom is -0.481 e. The minimum absolute atomic E-state index is 0.118. The molecule has 0 aliphatic carbocycles. The van der Waals surface area contributed by atoms with E-state index < -0.39 is 53.2 Å². The lowest BCUT2D eigenvalue weighted by molar-refractivity contribution is -0.137. The molecule has 20 heavy (non-hydrogen) atoms. The zero-order valence-corrected chi connectivity index (χ0v) is 10.7. The zero-order valence-electron chi connectivity index (χ0n) is 10.7. The first kappa shape index (κ1) is 16.2. The number of aliphatic carboxylic acids is 1. The zero-order chi connectivity index (χ0) is 15.6. The Bertz CT molecular complexity index is 506. The molecule has 112 valence electrons. The summed E-state index contributed by atoms with van der Waals surface area (Å²) in [6, 6.07) is -0.939. The second kappa shape index (κ2) is 6.06. The predicted octanol–water partition coefficient (Wildman–Crippen LogP) is 3.07. The van der Waals surface area contributed by atoms with Crippen LogP contribution < -0.4 is 4.90 Å². The minimum atomic E-state index is -2.24. The number of benzene rings is 1. The van der Waals surface area contributed by atoms with Gasteiger partial charge in [0.25, 0.3) is 0 Å². The summed E-state index contributed by atoms with van der Waals surface area (Å²) in [5.41, 5.74) is -1.11. The van der Waals surface area contributed by atoms with E-state index in [1.165, 1.54) is 13.8 Å². The van der Waals surface area contributed by atoms with Gasteiger partial charge in [-0.15, -0.1) is 0 Å². The van der Waals surface area contributed by atoms with Gasteiger partial charge >= 0.3 is 5.97 Å². The average Bonchev–Trinajstić information content (AvgIpc) is 2.38. The Morgan fingerprint density at radius 2 is 1.45 bits per heavy atom. The third kappa shape index (κ3) is 2.83. The smallest absolute Gasteiger partial charge is 0.305 e. The molecular formula is C12H12F5NO2. The number of carbonyl (C=O) groups is 1. The fraction of sp³-hybridized carbons (Fsp3) is 0.417. The van der Waals surface area contributed by atoms with E-state index in [4.69, 9.17) is 5.11 Å². The van der Waals surface area contributed by atoms with Crippen LogP contribution in [0.3, 0.4) is 0 Å². The van der Waals surface area contributed by atoms with Crippen molar-refractivity contribution < 1.29 is 31.9 Å². The maximum Gasteiger partial charge on any atom is 0.305 e. The van der Waals surface area contributed by atoms with Crippen LogP contribution in [0.15, 0.2) is 0 Å². The summed E-state index contributed by atoms with van der Waals surface area (Å²) < 4.78 is 66.4. The Morgan fingerprint density at radius 3 is 1.80 bits per heavy atom. The lowest BCUT2D eigenvalue weighted by atomic mass is 10.1. The molecule has 0 bridgehead atoms. The van der Waals surface area contributed by atoms with Crippen molar-refractivity contribution in [3.8, 4) is 0 Å². The SMILES string of the molecule is CCN(c1c(F)c(F)c(F)c(F)c1F)C(C)CC(=O)O. The molecule has 1 atom stereocenters. The summed E-state index contributed by atoms with van der Waals surface area (Å²) in [6.07, 6.45) is -0.507. The number of halogens is 5. The summed E-state index contributed by atoms with van der Waals surface area (Å²) in [5, 5.41) is 8.64. The standard InChI is InChI=1S/C12H12F5NO2/c1-3-18(5(2)4-6(19)20)12-10(16)8(14)7(13)9(15)11(12)17/h5H,3-4H2,1-2H3,(H,19,20). The third-order valence-electron chi connectivity index (χ3n) is 2.82. The van der Waals surface area contributed by atoms with Gasteiger partial charge in [0.1, 0.15) is 5.69 Å². The van der Waals surface area contributed by atoms with Crippen LogP contribution in [0.2, 0.25) is 0 Å². The summed E-state index contributed by atoms with van der Waals surface area (Å²) in [5.74, 6) is -11.5. The fourth-order valence-corrected chi connectivity index (χ4v) is 1.90.